The second-order valence-corrected chi connectivity index (χ2v) is 11.4. The van der Waals surface area contributed by atoms with Crippen molar-refractivity contribution in [3.05, 3.63) is 47.5 Å². The molecular weight excluding hydrogens is 440 g/mol. The van der Waals surface area contributed by atoms with Gasteiger partial charge in [0, 0.05) is 17.3 Å². The molecule has 182 valence electrons. The lowest BCUT2D eigenvalue weighted by molar-refractivity contribution is -0.118. The van der Waals surface area contributed by atoms with Crippen LogP contribution in [0.4, 0.5) is 11.4 Å². The zero-order chi connectivity index (χ0) is 25.0. The molecule has 0 atom stereocenters. The third kappa shape index (κ3) is 7.12. The van der Waals surface area contributed by atoms with Crippen LogP contribution < -0.4 is 14.8 Å². The Hall–Kier alpha value is -2.74. The maximum atomic E-state index is 12.5. The molecule has 2 aromatic carbocycles. The smallest absolute Gasteiger partial charge is 0.262 e. The molecule has 0 heterocycles. The molecule has 0 fully saturated rings. The van der Waals surface area contributed by atoms with Crippen molar-refractivity contribution in [3.63, 3.8) is 0 Å². The SMILES string of the molecule is CCC(C)(C)c1ccc(OCC(=O)Nc2ccc(NS(C)(=O)=O)c(O)c2)c(C(C)(C)CC)c1. The van der Waals surface area contributed by atoms with Crippen molar-refractivity contribution in [2.75, 3.05) is 22.9 Å². The predicted octanol–water partition coefficient (Wildman–Crippen LogP) is 5.16. The summed E-state index contributed by atoms with van der Waals surface area (Å²) >= 11 is 0. The number of sulfonamides is 1. The van der Waals surface area contributed by atoms with E-state index in [-0.39, 0.29) is 28.9 Å². The van der Waals surface area contributed by atoms with Gasteiger partial charge in [-0.05, 0) is 47.4 Å². The zero-order valence-corrected chi connectivity index (χ0v) is 21.4. The number of ether oxygens (including phenoxy) is 1. The van der Waals surface area contributed by atoms with Gasteiger partial charge in [-0.3, -0.25) is 9.52 Å². The molecule has 33 heavy (non-hydrogen) atoms. The van der Waals surface area contributed by atoms with Crippen LogP contribution in [0, 0.1) is 0 Å². The van der Waals surface area contributed by atoms with Crippen molar-refractivity contribution >= 4 is 27.3 Å². The van der Waals surface area contributed by atoms with Crippen molar-refractivity contribution in [2.24, 2.45) is 0 Å². The number of hydrogen-bond acceptors (Lipinski definition) is 5. The second-order valence-electron chi connectivity index (χ2n) is 9.63. The summed E-state index contributed by atoms with van der Waals surface area (Å²) in [5.41, 5.74) is 2.57. The van der Waals surface area contributed by atoms with Crippen LogP contribution in [-0.4, -0.2) is 32.3 Å². The average Bonchev–Trinajstić information content (AvgIpc) is 2.73. The summed E-state index contributed by atoms with van der Waals surface area (Å²) in [5, 5.41) is 12.7. The summed E-state index contributed by atoms with van der Waals surface area (Å²) in [7, 11) is -3.52. The molecule has 0 spiro atoms. The first kappa shape index (κ1) is 26.5. The Morgan fingerprint density at radius 1 is 1.00 bits per heavy atom. The van der Waals surface area contributed by atoms with Gasteiger partial charge in [-0.25, -0.2) is 8.42 Å². The van der Waals surface area contributed by atoms with E-state index in [4.69, 9.17) is 4.74 Å². The van der Waals surface area contributed by atoms with Crippen LogP contribution in [0.2, 0.25) is 0 Å². The minimum Gasteiger partial charge on any atom is -0.506 e. The monoisotopic (exact) mass is 476 g/mol. The van der Waals surface area contributed by atoms with Crippen LogP contribution in [0.3, 0.4) is 0 Å². The van der Waals surface area contributed by atoms with Crippen molar-refractivity contribution < 1.29 is 23.1 Å². The van der Waals surface area contributed by atoms with Gasteiger partial charge in [0.25, 0.3) is 5.91 Å². The van der Waals surface area contributed by atoms with E-state index in [9.17, 15) is 18.3 Å². The fourth-order valence-electron chi connectivity index (χ4n) is 3.24. The normalized spacial score (nSPS) is 12.3. The molecule has 8 heteroatoms. The van der Waals surface area contributed by atoms with E-state index in [1.54, 1.807) is 0 Å². The summed E-state index contributed by atoms with van der Waals surface area (Å²) < 4.78 is 30.8. The van der Waals surface area contributed by atoms with Crippen molar-refractivity contribution in [3.8, 4) is 11.5 Å². The third-order valence-electron chi connectivity index (χ3n) is 6.19. The number of rotatable bonds is 10. The second kappa shape index (κ2) is 10.0. The quantitative estimate of drug-likeness (QED) is 0.411. The summed E-state index contributed by atoms with van der Waals surface area (Å²) in [4.78, 5) is 12.5. The molecule has 0 aliphatic carbocycles. The Kier molecular flexibility index (Phi) is 8.06. The average molecular weight is 477 g/mol. The number of hydrogen-bond donors (Lipinski definition) is 3. The summed E-state index contributed by atoms with van der Waals surface area (Å²) in [6.45, 7) is 12.8. The number of amides is 1. The molecule has 0 aromatic heterocycles. The van der Waals surface area contributed by atoms with Gasteiger partial charge in [0.1, 0.15) is 11.5 Å². The van der Waals surface area contributed by atoms with Gasteiger partial charge in [-0.15, -0.1) is 0 Å². The Balaban J connectivity index is 2.17. The number of anilines is 2. The highest BCUT2D eigenvalue weighted by molar-refractivity contribution is 7.92. The Morgan fingerprint density at radius 2 is 1.64 bits per heavy atom. The molecule has 1 amide bonds. The third-order valence-corrected chi connectivity index (χ3v) is 6.78. The Labute approximate surface area is 197 Å². The Bertz CT molecular complexity index is 1110. The van der Waals surface area contributed by atoms with Crippen LogP contribution in [0.5, 0.6) is 11.5 Å². The number of phenolic OH excluding ortho intramolecular Hbond substituents is 1. The minimum atomic E-state index is -3.52. The van der Waals surface area contributed by atoms with Crippen LogP contribution in [0.25, 0.3) is 0 Å². The zero-order valence-electron chi connectivity index (χ0n) is 20.6. The van der Waals surface area contributed by atoms with Gasteiger partial charge in [0.05, 0.1) is 11.9 Å². The maximum Gasteiger partial charge on any atom is 0.262 e. The first-order valence-electron chi connectivity index (χ1n) is 11.1. The van der Waals surface area contributed by atoms with E-state index in [1.165, 1.54) is 23.8 Å². The van der Waals surface area contributed by atoms with Gasteiger partial charge >= 0.3 is 0 Å². The van der Waals surface area contributed by atoms with Crippen LogP contribution in [0.15, 0.2) is 36.4 Å². The highest BCUT2D eigenvalue weighted by Crippen LogP contribution is 2.38. The van der Waals surface area contributed by atoms with Crippen molar-refractivity contribution in [2.45, 2.75) is 65.2 Å². The van der Waals surface area contributed by atoms with Gasteiger partial charge in [0.2, 0.25) is 10.0 Å². The van der Waals surface area contributed by atoms with E-state index >= 15 is 0 Å². The molecule has 0 saturated carbocycles. The van der Waals surface area contributed by atoms with E-state index < -0.39 is 15.9 Å². The van der Waals surface area contributed by atoms with E-state index in [2.05, 4.69) is 63.7 Å². The molecule has 0 saturated heterocycles. The molecule has 0 radical (unpaired) electrons. The van der Waals surface area contributed by atoms with Gasteiger partial charge in [0.15, 0.2) is 6.61 Å². The lowest BCUT2D eigenvalue weighted by Crippen LogP contribution is -2.24. The van der Waals surface area contributed by atoms with Gasteiger partial charge in [-0.2, -0.15) is 0 Å². The number of benzene rings is 2. The topological polar surface area (TPSA) is 105 Å². The van der Waals surface area contributed by atoms with E-state index in [0.717, 1.165) is 24.7 Å². The fourth-order valence-corrected chi connectivity index (χ4v) is 3.81. The molecular formula is C25H36N2O5S. The lowest BCUT2D eigenvalue weighted by Gasteiger charge is -2.30. The molecule has 7 nitrogen and oxygen atoms in total. The van der Waals surface area contributed by atoms with Crippen LogP contribution >= 0.6 is 0 Å². The summed E-state index contributed by atoms with van der Waals surface area (Å²) in [6.07, 6.45) is 2.91. The van der Waals surface area contributed by atoms with Crippen LogP contribution in [-0.2, 0) is 25.6 Å². The molecule has 0 bridgehead atoms. The maximum absolute atomic E-state index is 12.5. The van der Waals surface area contributed by atoms with E-state index in [1.807, 2.05) is 6.07 Å². The van der Waals surface area contributed by atoms with Gasteiger partial charge in [-0.1, -0.05) is 53.7 Å². The molecule has 0 unspecified atom stereocenters. The number of nitrogens with one attached hydrogen (secondary N) is 2. The first-order chi connectivity index (χ1) is 15.2. The van der Waals surface area contributed by atoms with Crippen molar-refractivity contribution in [1.29, 1.82) is 0 Å². The lowest BCUT2D eigenvalue weighted by atomic mass is 9.76. The first-order valence-corrected chi connectivity index (χ1v) is 13.0. The largest absolute Gasteiger partial charge is 0.506 e. The molecule has 3 N–H and O–H groups in total. The van der Waals surface area contributed by atoms with Gasteiger partial charge < -0.3 is 15.2 Å². The van der Waals surface area contributed by atoms with Crippen molar-refractivity contribution in [1.82, 2.24) is 0 Å². The number of carbonyl (C=O) groups is 1. The fraction of sp³-hybridized carbons (Fsp3) is 0.480. The van der Waals surface area contributed by atoms with E-state index in [0.29, 0.717) is 11.4 Å². The summed E-state index contributed by atoms with van der Waals surface area (Å²) in [5.74, 6) is -0.0140. The minimum absolute atomic E-state index is 0.0354. The highest BCUT2D eigenvalue weighted by atomic mass is 32.2. The summed E-state index contributed by atoms with van der Waals surface area (Å²) in [6, 6.07) is 10.3. The standard InChI is InChI=1S/C25H36N2O5S/c1-8-24(3,4)17-10-13-22(19(14-17)25(5,6)9-2)32-16-23(29)26-18-11-12-20(21(28)15-18)27-33(7,30)31/h10-15,27-28H,8-9,16H2,1-7H3,(H,26,29). The number of aromatic hydroxyl groups is 1. The number of carbonyl (C=O) groups excluding carboxylic acids is 1. The number of phenols is 1. The molecule has 0 aliphatic rings. The molecule has 2 aromatic rings. The molecule has 2 rings (SSSR count). The Morgan fingerprint density at radius 3 is 2.18 bits per heavy atom. The highest BCUT2D eigenvalue weighted by Gasteiger charge is 2.27. The van der Waals surface area contributed by atoms with Crippen LogP contribution in [0.1, 0.15) is 65.5 Å². The molecule has 0 aliphatic heterocycles. The predicted molar refractivity (Wildman–Crippen MR) is 134 cm³/mol.